The highest BCUT2D eigenvalue weighted by molar-refractivity contribution is 9.10. The van der Waals surface area contributed by atoms with Crippen LogP contribution in [0.3, 0.4) is 0 Å². The van der Waals surface area contributed by atoms with Crippen LogP contribution >= 0.6 is 15.9 Å². The van der Waals surface area contributed by atoms with Crippen molar-refractivity contribution in [3.8, 4) is 0 Å². The number of nitrogens with zero attached hydrogens (tertiary/aromatic N) is 1. The van der Waals surface area contributed by atoms with Crippen LogP contribution in [-0.4, -0.2) is 26.0 Å². The smallest absolute Gasteiger partial charge is 0.246 e. The minimum Gasteiger partial charge on any atom is -0.370 e. The highest BCUT2D eigenvalue weighted by Gasteiger charge is 2.31. The Balaban J connectivity index is 1.92. The first-order chi connectivity index (χ1) is 10.0. The third kappa shape index (κ3) is 2.57. The molecule has 0 aliphatic carbocycles. The zero-order valence-corrected chi connectivity index (χ0v) is 14.3. The van der Waals surface area contributed by atoms with Gasteiger partial charge < -0.3 is 15.5 Å². The molecule has 1 saturated heterocycles. The van der Waals surface area contributed by atoms with E-state index in [1.165, 1.54) is 12.1 Å². The van der Waals surface area contributed by atoms with Gasteiger partial charge in [0.05, 0.1) is 5.69 Å². The van der Waals surface area contributed by atoms with Crippen molar-refractivity contribution in [3.63, 3.8) is 0 Å². The summed E-state index contributed by atoms with van der Waals surface area (Å²) in [5.41, 5.74) is 3.14. The summed E-state index contributed by atoms with van der Waals surface area (Å²) in [6.45, 7) is 6.79. The molecule has 3 atom stereocenters. The Kier molecular flexibility index (Phi) is 3.97. The molecule has 5 heteroatoms. The van der Waals surface area contributed by atoms with Crippen LogP contribution in [0.2, 0.25) is 0 Å². The molecule has 3 unspecified atom stereocenters. The first kappa shape index (κ1) is 14.9. The first-order valence-corrected chi connectivity index (χ1v) is 8.37. The average molecular weight is 352 g/mol. The molecule has 0 aromatic heterocycles. The van der Waals surface area contributed by atoms with Gasteiger partial charge >= 0.3 is 0 Å². The fraction of sp³-hybridized carbons (Fsp3) is 0.562. The fourth-order valence-electron chi connectivity index (χ4n) is 3.28. The summed E-state index contributed by atoms with van der Waals surface area (Å²) in [6.07, 6.45) is 1.22. The van der Waals surface area contributed by atoms with Crippen molar-refractivity contribution in [2.45, 2.75) is 26.3 Å². The molecule has 0 saturated carbocycles. The van der Waals surface area contributed by atoms with E-state index in [9.17, 15) is 4.79 Å². The van der Waals surface area contributed by atoms with Gasteiger partial charge in [-0.25, -0.2) is 0 Å². The number of hydrogen-bond acceptors (Lipinski definition) is 3. The van der Waals surface area contributed by atoms with Crippen molar-refractivity contribution in [1.29, 1.82) is 0 Å². The molecule has 1 aromatic rings. The van der Waals surface area contributed by atoms with E-state index in [1.807, 2.05) is 7.05 Å². The van der Waals surface area contributed by atoms with E-state index in [0.717, 1.165) is 34.7 Å². The number of likely N-dealkylation sites (N-methyl/N-ethyl adjacent to an activating group) is 1. The van der Waals surface area contributed by atoms with Crippen molar-refractivity contribution < 1.29 is 4.79 Å². The Morgan fingerprint density at radius 1 is 1.33 bits per heavy atom. The van der Waals surface area contributed by atoms with Crippen LogP contribution in [0.15, 0.2) is 16.6 Å². The van der Waals surface area contributed by atoms with Crippen LogP contribution in [0.1, 0.15) is 31.9 Å². The lowest BCUT2D eigenvalue weighted by atomic mass is 9.88. The number of carbonyl (C=O) groups excluding carboxylic acids is 1. The van der Waals surface area contributed by atoms with Crippen molar-refractivity contribution in [3.05, 3.63) is 22.2 Å². The maximum atomic E-state index is 12.0. The molecule has 0 bridgehead atoms. The summed E-state index contributed by atoms with van der Waals surface area (Å²) in [6, 6.07) is 3.94. The number of hydrogen-bond donors (Lipinski definition) is 2. The molecule has 1 fully saturated rings. The predicted octanol–water partition coefficient (Wildman–Crippen LogP) is 3.14. The summed E-state index contributed by atoms with van der Waals surface area (Å²) < 4.78 is 1.07. The molecule has 2 heterocycles. The summed E-state index contributed by atoms with van der Waals surface area (Å²) in [7, 11) is 1.81. The van der Waals surface area contributed by atoms with E-state index >= 15 is 0 Å². The van der Waals surface area contributed by atoms with Gasteiger partial charge in [-0.1, -0.05) is 13.8 Å². The third-order valence-corrected chi connectivity index (χ3v) is 5.55. The molecular formula is C16H22BrN3O. The number of benzene rings is 1. The molecule has 2 N–H and O–H groups in total. The monoisotopic (exact) mass is 351 g/mol. The lowest BCUT2D eigenvalue weighted by molar-refractivity contribution is -0.117. The number of halogens is 1. The van der Waals surface area contributed by atoms with E-state index in [4.69, 9.17) is 0 Å². The van der Waals surface area contributed by atoms with E-state index in [1.54, 1.807) is 0 Å². The average Bonchev–Trinajstić information content (AvgIpc) is 2.75. The number of fused-ring (bicyclic) bond motifs is 1. The number of carbonyl (C=O) groups is 1. The topological polar surface area (TPSA) is 44.4 Å². The summed E-state index contributed by atoms with van der Waals surface area (Å²) in [5.74, 6) is 1.50. The van der Waals surface area contributed by atoms with Gasteiger partial charge in [0.25, 0.3) is 0 Å². The fourth-order valence-corrected chi connectivity index (χ4v) is 3.89. The lowest BCUT2D eigenvalue weighted by Crippen LogP contribution is -2.38. The minimum atomic E-state index is -0.245. The van der Waals surface area contributed by atoms with Gasteiger partial charge in [-0.3, -0.25) is 4.79 Å². The Bertz CT molecular complexity index is 575. The van der Waals surface area contributed by atoms with Crippen LogP contribution < -0.4 is 15.5 Å². The van der Waals surface area contributed by atoms with Gasteiger partial charge in [0, 0.05) is 28.8 Å². The number of piperidine rings is 1. The van der Waals surface area contributed by atoms with E-state index < -0.39 is 0 Å². The Morgan fingerprint density at radius 3 is 2.76 bits per heavy atom. The first-order valence-electron chi connectivity index (χ1n) is 7.57. The summed E-state index contributed by atoms with van der Waals surface area (Å²) >= 11 is 3.69. The molecule has 2 aliphatic rings. The molecule has 1 amide bonds. The molecule has 3 rings (SSSR count). The number of rotatable bonds is 2. The van der Waals surface area contributed by atoms with Crippen LogP contribution in [-0.2, 0) is 4.79 Å². The molecule has 2 aliphatic heterocycles. The third-order valence-electron chi connectivity index (χ3n) is 4.91. The quantitative estimate of drug-likeness (QED) is 0.860. The molecule has 0 radical (unpaired) electrons. The molecule has 114 valence electrons. The van der Waals surface area contributed by atoms with Gasteiger partial charge in [-0.2, -0.15) is 0 Å². The van der Waals surface area contributed by atoms with Gasteiger partial charge in [0.1, 0.15) is 6.04 Å². The zero-order valence-electron chi connectivity index (χ0n) is 12.7. The molecule has 0 spiro atoms. The lowest BCUT2D eigenvalue weighted by Gasteiger charge is -2.37. The van der Waals surface area contributed by atoms with Crippen LogP contribution in [0.25, 0.3) is 0 Å². The maximum absolute atomic E-state index is 12.0. The highest BCUT2D eigenvalue weighted by Crippen LogP contribution is 2.40. The van der Waals surface area contributed by atoms with Crippen molar-refractivity contribution in [2.75, 3.05) is 30.4 Å². The Morgan fingerprint density at radius 2 is 2.10 bits per heavy atom. The van der Waals surface area contributed by atoms with Crippen molar-refractivity contribution in [2.24, 2.45) is 11.8 Å². The van der Waals surface area contributed by atoms with Crippen LogP contribution in [0, 0.1) is 11.8 Å². The number of nitrogens with one attached hydrogen (secondary N) is 2. The van der Waals surface area contributed by atoms with Gasteiger partial charge in [0.2, 0.25) is 5.91 Å². The summed E-state index contributed by atoms with van der Waals surface area (Å²) in [4.78, 5) is 14.4. The SMILES string of the molecule is CNC1C(=O)Nc2cc(N3CCC(C)C(C)C3)c(Br)cc21. The van der Waals surface area contributed by atoms with Crippen LogP contribution in [0.5, 0.6) is 0 Å². The zero-order chi connectivity index (χ0) is 15.1. The second-order valence-electron chi connectivity index (χ2n) is 6.29. The van der Waals surface area contributed by atoms with Gasteiger partial charge in [-0.15, -0.1) is 0 Å². The molecule has 1 aromatic carbocycles. The van der Waals surface area contributed by atoms with E-state index in [-0.39, 0.29) is 11.9 Å². The second-order valence-corrected chi connectivity index (χ2v) is 7.15. The second kappa shape index (κ2) is 5.61. The molecular weight excluding hydrogens is 330 g/mol. The Labute approximate surface area is 134 Å². The van der Waals surface area contributed by atoms with E-state index in [2.05, 4.69) is 57.4 Å². The van der Waals surface area contributed by atoms with Crippen molar-refractivity contribution in [1.82, 2.24) is 5.32 Å². The largest absolute Gasteiger partial charge is 0.370 e. The highest BCUT2D eigenvalue weighted by atomic mass is 79.9. The normalized spacial score (nSPS) is 28.5. The molecule has 21 heavy (non-hydrogen) atoms. The predicted molar refractivity (Wildman–Crippen MR) is 89.7 cm³/mol. The van der Waals surface area contributed by atoms with Crippen molar-refractivity contribution >= 4 is 33.2 Å². The number of amides is 1. The molecule has 4 nitrogen and oxygen atoms in total. The van der Waals surface area contributed by atoms with Gasteiger partial charge in [-0.05, 0) is 53.4 Å². The Hall–Kier alpha value is -1.07. The number of anilines is 2. The van der Waals surface area contributed by atoms with E-state index in [0.29, 0.717) is 5.92 Å². The standard InChI is InChI=1S/C16H22BrN3O/c1-9-4-5-20(8-10(9)2)14-7-13-11(6-12(14)17)15(18-3)16(21)19-13/h6-7,9-10,15,18H,4-5,8H2,1-3H3,(H,19,21). The van der Waals surface area contributed by atoms with Crippen LogP contribution in [0.4, 0.5) is 11.4 Å². The minimum absolute atomic E-state index is 0.0252. The van der Waals surface area contributed by atoms with Gasteiger partial charge in [0.15, 0.2) is 0 Å². The maximum Gasteiger partial charge on any atom is 0.246 e. The summed E-state index contributed by atoms with van der Waals surface area (Å²) in [5, 5.41) is 6.04.